The van der Waals surface area contributed by atoms with Crippen molar-refractivity contribution < 1.29 is 0 Å². The zero-order valence-corrected chi connectivity index (χ0v) is 13.8. The monoisotopic (exact) mass is 298 g/mol. The van der Waals surface area contributed by atoms with Gasteiger partial charge in [-0.1, -0.05) is 13.8 Å². The summed E-state index contributed by atoms with van der Waals surface area (Å²) in [4.78, 5) is 7.30. The first-order valence-electron chi connectivity index (χ1n) is 8.61. The summed E-state index contributed by atoms with van der Waals surface area (Å²) in [7, 11) is 0. The van der Waals surface area contributed by atoms with Crippen LogP contribution in [0.2, 0.25) is 0 Å². The molecule has 2 aliphatic rings. The number of hydrogen-bond donors (Lipinski definition) is 1. The van der Waals surface area contributed by atoms with Gasteiger partial charge in [0.25, 0.3) is 0 Å². The van der Waals surface area contributed by atoms with E-state index in [1.807, 2.05) is 0 Å². The first-order chi connectivity index (χ1) is 10.7. The third-order valence-corrected chi connectivity index (χ3v) is 4.71. The molecular weight excluding hydrogens is 272 g/mol. The summed E-state index contributed by atoms with van der Waals surface area (Å²) >= 11 is 0. The van der Waals surface area contributed by atoms with Crippen molar-refractivity contribution >= 4 is 5.82 Å². The average molecular weight is 298 g/mol. The molecule has 0 amide bonds. The normalized spacial score (nSPS) is 18.2. The highest BCUT2D eigenvalue weighted by Crippen LogP contribution is 2.33. The second-order valence-electron chi connectivity index (χ2n) is 6.87. The standard InChI is InChI=1S/C18H26N4/c1-13(2)11-17-15-6-4-3-5-14(15)16(12-19)18(21-17)22-9-7-20-8-10-22/h13,20H,3-11H2,1-2H3. The zero-order valence-electron chi connectivity index (χ0n) is 13.8. The number of nitrogens with one attached hydrogen (secondary N) is 1. The highest BCUT2D eigenvalue weighted by atomic mass is 15.2. The van der Waals surface area contributed by atoms with Gasteiger partial charge in [0.1, 0.15) is 11.9 Å². The number of piperazine rings is 1. The maximum absolute atomic E-state index is 9.75. The predicted molar refractivity (Wildman–Crippen MR) is 89.2 cm³/mol. The molecular formula is C18H26N4. The van der Waals surface area contributed by atoms with E-state index in [1.165, 1.54) is 29.7 Å². The van der Waals surface area contributed by atoms with Crippen LogP contribution < -0.4 is 10.2 Å². The van der Waals surface area contributed by atoms with Crippen LogP contribution in [0, 0.1) is 17.2 Å². The van der Waals surface area contributed by atoms with Crippen molar-refractivity contribution in [1.29, 1.82) is 5.26 Å². The van der Waals surface area contributed by atoms with Crippen LogP contribution in [0.4, 0.5) is 5.82 Å². The van der Waals surface area contributed by atoms with Crippen molar-refractivity contribution in [3.8, 4) is 6.07 Å². The van der Waals surface area contributed by atoms with Crippen LogP contribution >= 0.6 is 0 Å². The molecule has 1 aliphatic heterocycles. The summed E-state index contributed by atoms with van der Waals surface area (Å²) in [6.07, 6.45) is 5.60. The predicted octanol–water partition coefficient (Wildman–Crippen LogP) is 2.44. The Morgan fingerprint density at radius 3 is 2.50 bits per heavy atom. The van der Waals surface area contributed by atoms with Gasteiger partial charge in [0.2, 0.25) is 0 Å². The first kappa shape index (κ1) is 15.3. The van der Waals surface area contributed by atoms with E-state index in [-0.39, 0.29) is 0 Å². The Balaban J connectivity index is 2.09. The van der Waals surface area contributed by atoms with Crippen LogP contribution in [0.5, 0.6) is 0 Å². The number of aromatic nitrogens is 1. The molecule has 1 fully saturated rings. The molecule has 1 aliphatic carbocycles. The fraction of sp³-hybridized carbons (Fsp3) is 0.667. The average Bonchev–Trinajstić information content (AvgIpc) is 2.55. The zero-order chi connectivity index (χ0) is 15.5. The number of nitriles is 1. The van der Waals surface area contributed by atoms with E-state index in [2.05, 4.69) is 30.1 Å². The molecule has 0 bridgehead atoms. The molecule has 0 atom stereocenters. The summed E-state index contributed by atoms with van der Waals surface area (Å²) < 4.78 is 0. The summed E-state index contributed by atoms with van der Waals surface area (Å²) in [5.74, 6) is 1.54. The molecule has 22 heavy (non-hydrogen) atoms. The topological polar surface area (TPSA) is 52.0 Å². The minimum Gasteiger partial charge on any atom is -0.353 e. The van der Waals surface area contributed by atoms with Crippen molar-refractivity contribution in [3.05, 3.63) is 22.4 Å². The van der Waals surface area contributed by atoms with Crippen LogP contribution in [0.3, 0.4) is 0 Å². The molecule has 0 unspecified atom stereocenters. The van der Waals surface area contributed by atoms with Crippen molar-refractivity contribution in [2.24, 2.45) is 5.92 Å². The van der Waals surface area contributed by atoms with Gasteiger partial charge in [-0.2, -0.15) is 5.26 Å². The van der Waals surface area contributed by atoms with Crippen LogP contribution in [-0.4, -0.2) is 31.2 Å². The van der Waals surface area contributed by atoms with Crippen LogP contribution in [0.1, 0.15) is 49.1 Å². The van der Waals surface area contributed by atoms with Crippen molar-refractivity contribution in [2.45, 2.75) is 46.0 Å². The Morgan fingerprint density at radius 2 is 1.86 bits per heavy atom. The van der Waals surface area contributed by atoms with Gasteiger partial charge in [-0.3, -0.25) is 0 Å². The van der Waals surface area contributed by atoms with Crippen LogP contribution in [0.15, 0.2) is 0 Å². The van der Waals surface area contributed by atoms with E-state index in [4.69, 9.17) is 4.98 Å². The summed E-state index contributed by atoms with van der Waals surface area (Å²) in [5, 5.41) is 13.1. The Bertz CT molecular complexity index is 580. The molecule has 1 aromatic rings. The lowest BCUT2D eigenvalue weighted by atomic mass is 9.86. The maximum atomic E-state index is 9.75. The molecule has 0 radical (unpaired) electrons. The number of anilines is 1. The minimum atomic E-state index is 0.599. The minimum absolute atomic E-state index is 0.599. The number of nitrogens with zero attached hydrogens (tertiary/aromatic N) is 3. The molecule has 4 nitrogen and oxygen atoms in total. The van der Waals surface area contributed by atoms with Gasteiger partial charge >= 0.3 is 0 Å². The SMILES string of the molecule is CC(C)Cc1nc(N2CCNCC2)c(C#N)c2c1CCCC2. The van der Waals surface area contributed by atoms with Crippen molar-refractivity contribution in [2.75, 3.05) is 31.1 Å². The molecule has 3 rings (SSSR count). The Hall–Kier alpha value is -1.60. The lowest BCUT2D eigenvalue weighted by Gasteiger charge is -2.32. The molecule has 0 saturated carbocycles. The molecule has 0 spiro atoms. The van der Waals surface area contributed by atoms with E-state index >= 15 is 0 Å². The van der Waals surface area contributed by atoms with Crippen molar-refractivity contribution in [1.82, 2.24) is 10.3 Å². The van der Waals surface area contributed by atoms with E-state index in [0.29, 0.717) is 5.92 Å². The molecule has 4 heteroatoms. The molecule has 1 saturated heterocycles. The Morgan fingerprint density at radius 1 is 1.18 bits per heavy atom. The smallest absolute Gasteiger partial charge is 0.147 e. The third-order valence-electron chi connectivity index (χ3n) is 4.71. The number of pyridine rings is 1. The fourth-order valence-electron chi connectivity index (χ4n) is 3.66. The first-order valence-corrected chi connectivity index (χ1v) is 8.61. The van der Waals surface area contributed by atoms with Crippen molar-refractivity contribution in [3.63, 3.8) is 0 Å². The van der Waals surface area contributed by atoms with Crippen LogP contribution in [-0.2, 0) is 19.3 Å². The second kappa shape index (κ2) is 6.66. The highest BCUT2D eigenvalue weighted by molar-refractivity contribution is 5.62. The quantitative estimate of drug-likeness (QED) is 0.931. The maximum Gasteiger partial charge on any atom is 0.147 e. The Labute approximate surface area is 133 Å². The van der Waals surface area contributed by atoms with Gasteiger partial charge in [0.15, 0.2) is 0 Å². The largest absolute Gasteiger partial charge is 0.353 e. The fourth-order valence-corrected chi connectivity index (χ4v) is 3.66. The van der Waals surface area contributed by atoms with Gasteiger partial charge in [-0.25, -0.2) is 4.98 Å². The van der Waals surface area contributed by atoms with Gasteiger partial charge in [0.05, 0.1) is 5.56 Å². The van der Waals surface area contributed by atoms with Gasteiger partial charge in [0, 0.05) is 31.9 Å². The van der Waals surface area contributed by atoms with Crippen LogP contribution in [0.25, 0.3) is 0 Å². The molecule has 1 N–H and O–H groups in total. The highest BCUT2D eigenvalue weighted by Gasteiger charge is 2.25. The van der Waals surface area contributed by atoms with Gasteiger partial charge in [-0.15, -0.1) is 0 Å². The van der Waals surface area contributed by atoms with E-state index < -0.39 is 0 Å². The second-order valence-corrected chi connectivity index (χ2v) is 6.87. The molecule has 0 aromatic carbocycles. The number of fused-ring (bicyclic) bond motifs is 1. The Kier molecular flexibility index (Phi) is 4.63. The molecule has 118 valence electrons. The number of rotatable bonds is 3. The summed E-state index contributed by atoms with van der Waals surface area (Å²) in [6.45, 7) is 8.34. The lowest BCUT2D eigenvalue weighted by molar-refractivity contribution is 0.575. The third kappa shape index (κ3) is 2.96. The molecule has 2 heterocycles. The summed E-state index contributed by atoms with van der Waals surface area (Å²) in [6, 6.07) is 2.48. The summed E-state index contributed by atoms with van der Waals surface area (Å²) in [5.41, 5.74) is 4.78. The number of hydrogen-bond acceptors (Lipinski definition) is 4. The lowest BCUT2D eigenvalue weighted by Crippen LogP contribution is -2.44. The van der Waals surface area contributed by atoms with E-state index in [1.54, 1.807) is 0 Å². The van der Waals surface area contributed by atoms with Gasteiger partial charge in [-0.05, 0) is 49.1 Å². The van der Waals surface area contributed by atoms with E-state index in [0.717, 1.165) is 56.8 Å². The molecule has 1 aromatic heterocycles. The van der Waals surface area contributed by atoms with E-state index in [9.17, 15) is 5.26 Å². The van der Waals surface area contributed by atoms with Gasteiger partial charge < -0.3 is 10.2 Å².